The molecular formula is C19H23ClN2S. The monoisotopic (exact) mass is 346 g/mol. The van der Waals surface area contributed by atoms with E-state index in [1.54, 1.807) is 0 Å². The lowest BCUT2D eigenvalue weighted by Crippen LogP contribution is -2.29. The summed E-state index contributed by atoms with van der Waals surface area (Å²) in [5.41, 5.74) is 3.70. The maximum Gasteiger partial charge on any atom is 0.170 e. The predicted octanol–water partition coefficient (Wildman–Crippen LogP) is 5.38. The normalized spacial score (nSPS) is 10.6. The van der Waals surface area contributed by atoms with Gasteiger partial charge in [0.25, 0.3) is 0 Å². The highest BCUT2D eigenvalue weighted by atomic mass is 35.5. The Morgan fingerprint density at radius 2 is 1.70 bits per heavy atom. The van der Waals surface area contributed by atoms with Gasteiger partial charge in [-0.1, -0.05) is 49.7 Å². The number of nitrogens with one attached hydrogen (secondary N) is 2. The zero-order valence-electron chi connectivity index (χ0n) is 13.6. The van der Waals surface area contributed by atoms with Gasteiger partial charge in [0.2, 0.25) is 0 Å². The van der Waals surface area contributed by atoms with E-state index in [0.717, 1.165) is 30.1 Å². The zero-order valence-corrected chi connectivity index (χ0v) is 15.2. The maximum absolute atomic E-state index is 5.86. The summed E-state index contributed by atoms with van der Waals surface area (Å²) >= 11 is 11.1. The van der Waals surface area contributed by atoms with Gasteiger partial charge in [0.05, 0.1) is 0 Å². The van der Waals surface area contributed by atoms with Crippen LogP contribution in [0.1, 0.15) is 37.3 Å². The molecule has 23 heavy (non-hydrogen) atoms. The smallest absolute Gasteiger partial charge is 0.170 e. The Labute approximate surface area is 149 Å². The number of halogens is 1. The fourth-order valence-corrected chi connectivity index (χ4v) is 2.62. The molecule has 0 atom stereocenters. The maximum atomic E-state index is 5.86. The van der Waals surface area contributed by atoms with Crippen LogP contribution in [0.15, 0.2) is 48.5 Å². The van der Waals surface area contributed by atoms with Gasteiger partial charge in [0.15, 0.2) is 5.11 Å². The van der Waals surface area contributed by atoms with E-state index in [1.807, 2.05) is 24.3 Å². The van der Waals surface area contributed by atoms with E-state index in [4.69, 9.17) is 23.8 Å². The first-order valence-corrected chi connectivity index (χ1v) is 8.72. The topological polar surface area (TPSA) is 24.1 Å². The number of aryl methyl sites for hydroxylation is 1. The van der Waals surface area contributed by atoms with Crippen molar-refractivity contribution in [2.75, 3.05) is 11.9 Å². The van der Waals surface area contributed by atoms with Crippen LogP contribution in [-0.4, -0.2) is 11.7 Å². The second-order valence-corrected chi connectivity index (χ2v) is 6.73. The molecule has 0 radical (unpaired) electrons. The molecular weight excluding hydrogens is 324 g/mol. The van der Waals surface area contributed by atoms with Crippen molar-refractivity contribution in [2.45, 2.75) is 32.6 Å². The molecule has 0 aliphatic rings. The van der Waals surface area contributed by atoms with Gasteiger partial charge in [-0.05, 0) is 66.4 Å². The Bertz CT molecular complexity index is 621. The molecule has 0 heterocycles. The molecule has 4 heteroatoms. The van der Waals surface area contributed by atoms with E-state index in [1.165, 1.54) is 11.1 Å². The van der Waals surface area contributed by atoms with Gasteiger partial charge >= 0.3 is 0 Å². The summed E-state index contributed by atoms with van der Waals surface area (Å²) < 4.78 is 0. The molecule has 0 fully saturated rings. The van der Waals surface area contributed by atoms with Crippen LogP contribution in [0.5, 0.6) is 0 Å². The van der Waals surface area contributed by atoms with Gasteiger partial charge < -0.3 is 10.6 Å². The van der Waals surface area contributed by atoms with E-state index in [9.17, 15) is 0 Å². The lowest BCUT2D eigenvalue weighted by atomic mass is 10.0. The van der Waals surface area contributed by atoms with Crippen molar-refractivity contribution in [2.24, 2.45) is 0 Å². The molecule has 2 aromatic rings. The number of thiocarbonyl (C=S) groups is 1. The Morgan fingerprint density at radius 3 is 2.30 bits per heavy atom. The van der Waals surface area contributed by atoms with Crippen LogP contribution >= 0.6 is 23.8 Å². The number of hydrogen-bond acceptors (Lipinski definition) is 1. The largest absolute Gasteiger partial charge is 0.362 e. The van der Waals surface area contributed by atoms with Crippen LogP contribution in [0.4, 0.5) is 5.69 Å². The number of hydrogen-bond donors (Lipinski definition) is 2. The van der Waals surface area contributed by atoms with Crippen LogP contribution in [-0.2, 0) is 6.42 Å². The molecule has 2 N–H and O–H groups in total. The minimum Gasteiger partial charge on any atom is -0.362 e. The standard InChI is InChI=1S/C19H23ClN2S/c1-14(2)16-7-5-15(6-8-16)4-3-13-21-19(23)22-18-11-9-17(20)10-12-18/h5-12,14H,3-4,13H2,1-2H3,(H2,21,22,23). The number of rotatable bonds is 6. The van der Waals surface area contributed by atoms with Crippen LogP contribution in [0.2, 0.25) is 5.02 Å². The summed E-state index contributed by atoms with van der Waals surface area (Å²) in [7, 11) is 0. The van der Waals surface area contributed by atoms with Crippen molar-refractivity contribution in [1.82, 2.24) is 5.32 Å². The highest BCUT2D eigenvalue weighted by molar-refractivity contribution is 7.80. The molecule has 2 nitrogen and oxygen atoms in total. The average molecular weight is 347 g/mol. The van der Waals surface area contributed by atoms with Crippen molar-refractivity contribution in [1.29, 1.82) is 0 Å². The van der Waals surface area contributed by atoms with E-state index < -0.39 is 0 Å². The van der Waals surface area contributed by atoms with Gasteiger partial charge in [0, 0.05) is 17.3 Å². The highest BCUT2D eigenvalue weighted by Gasteiger charge is 2.00. The Kier molecular flexibility index (Phi) is 6.87. The first kappa shape index (κ1) is 17.8. The van der Waals surface area contributed by atoms with Crippen molar-refractivity contribution in [3.63, 3.8) is 0 Å². The molecule has 0 aliphatic carbocycles. The molecule has 0 unspecified atom stereocenters. The summed E-state index contributed by atoms with van der Waals surface area (Å²) in [4.78, 5) is 0. The molecule has 0 aromatic heterocycles. The van der Waals surface area contributed by atoms with Crippen LogP contribution in [0, 0.1) is 0 Å². The molecule has 2 aromatic carbocycles. The van der Waals surface area contributed by atoms with Crippen molar-refractivity contribution >= 4 is 34.6 Å². The lowest BCUT2D eigenvalue weighted by molar-refractivity contribution is 0.776. The van der Waals surface area contributed by atoms with Crippen molar-refractivity contribution < 1.29 is 0 Å². The lowest BCUT2D eigenvalue weighted by Gasteiger charge is -2.11. The molecule has 0 aliphatic heterocycles. The second-order valence-electron chi connectivity index (χ2n) is 5.89. The predicted molar refractivity (Wildman–Crippen MR) is 105 cm³/mol. The molecule has 0 saturated heterocycles. The number of benzene rings is 2. The molecule has 2 rings (SSSR count). The van der Waals surface area contributed by atoms with Crippen LogP contribution in [0.25, 0.3) is 0 Å². The highest BCUT2D eigenvalue weighted by Crippen LogP contribution is 2.15. The number of anilines is 1. The second kappa shape index (κ2) is 8.90. The first-order valence-electron chi connectivity index (χ1n) is 7.94. The van der Waals surface area contributed by atoms with Crippen LogP contribution < -0.4 is 10.6 Å². The molecule has 0 amide bonds. The molecule has 0 saturated carbocycles. The van der Waals surface area contributed by atoms with Gasteiger partial charge in [-0.2, -0.15) is 0 Å². The van der Waals surface area contributed by atoms with Gasteiger partial charge in [0.1, 0.15) is 0 Å². The van der Waals surface area contributed by atoms with E-state index in [2.05, 4.69) is 48.7 Å². The zero-order chi connectivity index (χ0) is 16.7. The summed E-state index contributed by atoms with van der Waals surface area (Å²) in [5.74, 6) is 0.585. The van der Waals surface area contributed by atoms with Crippen molar-refractivity contribution in [3.05, 3.63) is 64.7 Å². The van der Waals surface area contributed by atoms with E-state index >= 15 is 0 Å². The molecule has 0 bridgehead atoms. The quantitative estimate of drug-likeness (QED) is 0.542. The third-order valence-electron chi connectivity index (χ3n) is 3.68. The SMILES string of the molecule is CC(C)c1ccc(CCCNC(=S)Nc2ccc(Cl)cc2)cc1. The average Bonchev–Trinajstić information content (AvgIpc) is 2.54. The Hall–Kier alpha value is -1.58. The summed E-state index contributed by atoms with van der Waals surface area (Å²) in [6.07, 6.45) is 2.10. The van der Waals surface area contributed by atoms with Gasteiger partial charge in [-0.3, -0.25) is 0 Å². The van der Waals surface area contributed by atoms with Gasteiger partial charge in [-0.25, -0.2) is 0 Å². The summed E-state index contributed by atoms with van der Waals surface area (Å²) in [5, 5.41) is 7.74. The summed E-state index contributed by atoms with van der Waals surface area (Å²) in [6, 6.07) is 16.4. The minimum absolute atomic E-state index is 0.585. The van der Waals surface area contributed by atoms with E-state index in [0.29, 0.717) is 11.0 Å². The minimum atomic E-state index is 0.585. The fraction of sp³-hybridized carbons (Fsp3) is 0.316. The van der Waals surface area contributed by atoms with Gasteiger partial charge in [-0.15, -0.1) is 0 Å². The van der Waals surface area contributed by atoms with Crippen LogP contribution in [0.3, 0.4) is 0 Å². The third kappa shape index (κ3) is 6.20. The third-order valence-corrected chi connectivity index (χ3v) is 4.17. The fourth-order valence-electron chi connectivity index (χ4n) is 2.27. The molecule has 0 spiro atoms. The first-order chi connectivity index (χ1) is 11.0. The Morgan fingerprint density at radius 1 is 1.04 bits per heavy atom. The van der Waals surface area contributed by atoms with Crippen molar-refractivity contribution in [3.8, 4) is 0 Å². The molecule has 122 valence electrons. The Balaban J connectivity index is 1.68. The summed E-state index contributed by atoms with van der Waals surface area (Å²) in [6.45, 7) is 5.28. The van der Waals surface area contributed by atoms with E-state index in [-0.39, 0.29) is 0 Å².